The van der Waals surface area contributed by atoms with E-state index in [9.17, 15) is 4.79 Å². The quantitative estimate of drug-likeness (QED) is 0.603. The van der Waals surface area contributed by atoms with Crippen LogP contribution < -0.4 is 10.6 Å². The van der Waals surface area contributed by atoms with E-state index in [4.69, 9.17) is 11.6 Å². The van der Waals surface area contributed by atoms with Gasteiger partial charge in [0.05, 0.1) is 35.3 Å². The molecule has 1 fully saturated rings. The maximum Gasteiger partial charge on any atom is 0.145 e. The highest BCUT2D eigenvalue weighted by molar-refractivity contribution is 6.33. The average molecular weight is 423 g/mol. The van der Waals surface area contributed by atoms with Crippen LogP contribution in [0.5, 0.6) is 0 Å². The summed E-state index contributed by atoms with van der Waals surface area (Å²) in [5, 5.41) is 6.98. The van der Waals surface area contributed by atoms with Crippen molar-refractivity contribution in [2.75, 3.05) is 18.4 Å². The number of aromatic nitrogens is 4. The number of ketones is 1. The van der Waals surface area contributed by atoms with Gasteiger partial charge in [0.2, 0.25) is 0 Å². The van der Waals surface area contributed by atoms with Crippen LogP contribution in [0.25, 0.3) is 11.3 Å². The molecule has 0 aliphatic carbocycles. The van der Waals surface area contributed by atoms with Gasteiger partial charge < -0.3 is 10.6 Å². The van der Waals surface area contributed by atoms with Gasteiger partial charge in [-0.05, 0) is 37.6 Å². The molecule has 0 amide bonds. The summed E-state index contributed by atoms with van der Waals surface area (Å²) >= 11 is 6.39. The van der Waals surface area contributed by atoms with Gasteiger partial charge in [-0.3, -0.25) is 19.7 Å². The average Bonchev–Trinajstić information content (AvgIpc) is 2.80. The van der Waals surface area contributed by atoms with Crippen molar-refractivity contribution in [3.05, 3.63) is 65.5 Å². The van der Waals surface area contributed by atoms with Gasteiger partial charge in [0.25, 0.3) is 0 Å². The second kappa shape index (κ2) is 9.73. The molecular weight excluding hydrogens is 400 g/mol. The number of halogens is 1. The van der Waals surface area contributed by atoms with Crippen LogP contribution in [-0.4, -0.2) is 38.8 Å². The second-order valence-corrected chi connectivity index (χ2v) is 7.71. The number of nitrogens with one attached hydrogen (secondary N) is 2. The minimum Gasteiger partial charge on any atom is -0.363 e. The minimum absolute atomic E-state index is 0.0543. The van der Waals surface area contributed by atoms with E-state index in [-0.39, 0.29) is 11.7 Å². The summed E-state index contributed by atoms with van der Waals surface area (Å²) in [6, 6.07) is 7.59. The lowest BCUT2D eigenvalue weighted by molar-refractivity contribution is -0.122. The number of nitrogens with zero attached hydrogens (tertiary/aromatic N) is 4. The van der Waals surface area contributed by atoms with Gasteiger partial charge >= 0.3 is 0 Å². The largest absolute Gasteiger partial charge is 0.363 e. The highest BCUT2D eigenvalue weighted by Crippen LogP contribution is 2.27. The fourth-order valence-corrected chi connectivity index (χ4v) is 3.69. The van der Waals surface area contributed by atoms with Gasteiger partial charge in [-0.1, -0.05) is 17.7 Å². The zero-order valence-corrected chi connectivity index (χ0v) is 17.3. The van der Waals surface area contributed by atoms with Crippen LogP contribution in [0, 0.1) is 5.92 Å². The third-order valence-electron chi connectivity index (χ3n) is 5.11. The molecule has 8 heteroatoms. The maximum atomic E-state index is 12.6. The van der Waals surface area contributed by atoms with E-state index in [0.717, 1.165) is 31.6 Å². The Labute approximate surface area is 180 Å². The predicted octanol–water partition coefficient (Wildman–Crippen LogP) is 3.31. The van der Waals surface area contributed by atoms with E-state index in [0.29, 0.717) is 40.8 Å². The third kappa shape index (κ3) is 5.17. The van der Waals surface area contributed by atoms with Crippen molar-refractivity contribution in [1.29, 1.82) is 0 Å². The Morgan fingerprint density at radius 2 is 2.13 bits per heavy atom. The van der Waals surface area contributed by atoms with Gasteiger partial charge in [-0.15, -0.1) is 0 Å². The molecule has 30 heavy (non-hydrogen) atoms. The van der Waals surface area contributed by atoms with E-state index in [2.05, 4.69) is 30.6 Å². The smallest absolute Gasteiger partial charge is 0.145 e. The van der Waals surface area contributed by atoms with Crippen LogP contribution in [0.4, 0.5) is 5.82 Å². The summed E-state index contributed by atoms with van der Waals surface area (Å²) in [6.45, 7) is 2.27. The van der Waals surface area contributed by atoms with Crippen LogP contribution in [0.3, 0.4) is 0 Å². The summed E-state index contributed by atoms with van der Waals surface area (Å²) in [7, 11) is 0. The first kappa shape index (κ1) is 20.4. The molecule has 0 bridgehead atoms. The van der Waals surface area contributed by atoms with Crippen molar-refractivity contribution in [2.24, 2.45) is 5.92 Å². The highest BCUT2D eigenvalue weighted by Gasteiger charge is 2.21. The van der Waals surface area contributed by atoms with Crippen LogP contribution in [0.15, 0.2) is 49.1 Å². The molecule has 0 spiro atoms. The lowest BCUT2D eigenvalue weighted by atomic mass is 9.92. The van der Waals surface area contributed by atoms with Crippen molar-refractivity contribution in [1.82, 2.24) is 25.3 Å². The molecule has 3 aromatic heterocycles. The molecule has 1 saturated heterocycles. The lowest BCUT2D eigenvalue weighted by Crippen LogP contribution is -2.35. The number of rotatable bonds is 7. The molecule has 4 rings (SSSR count). The number of pyridine rings is 2. The first-order valence-corrected chi connectivity index (χ1v) is 10.4. The molecule has 2 N–H and O–H groups in total. The second-order valence-electron chi connectivity index (χ2n) is 7.31. The summed E-state index contributed by atoms with van der Waals surface area (Å²) in [4.78, 5) is 30.2. The Morgan fingerprint density at radius 3 is 2.93 bits per heavy atom. The zero-order chi connectivity index (χ0) is 20.8. The van der Waals surface area contributed by atoms with E-state index in [1.807, 2.05) is 24.3 Å². The summed E-state index contributed by atoms with van der Waals surface area (Å²) in [5.74, 6) is 0.885. The molecular formula is C22H23ClN6O. The van der Waals surface area contributed by atoms with Crippen molar-refractivity contribution >= 4 is 23.2 Å². The minimum atomic E-state index is 0.0543. The number of hydrogen-bond acceptors (Lipinski definition) is 7. The zero-order valence-electron chi connectivity index (χ0n) is 16.5. The summed E-state index contributed by atoms with van der Waals surface area (Å²) < 4.78 is 0. The number of hydrogen-bond donors (Lipinski definition) is 2. The topological polar surface area (TPSA) is 92.7 Å². The fourth-order valence-electron chi connectivity index (χ4n) is 3.49. The monoisotopic (exact) mass is 422 g/mol. The maximum absolute atomic E-state index is 12.6. The SMILES string of the molecule is O=C(Cc1cc(-c2cncc(NCc3ccccn3)n2)c(Cl)cn1)[C@@H]1CCCNC1. The molecule has 0 aromatic carbocycles. The van der Waals surface area contributed by atoms with Gasteiger partial charge in [0.15, 0.2) is 0 Å². The molecule has 1 aliphatic rings. The molecule has 154 valence electrons. The van der Waals surface area contributed by atoms with Crippen molar-refractivity contribution < 1.29 is 4.79 Å². The molecule has 7 nitrogen and oxygen atoms in total. The van der Waals surface area contributed by atoms with Crippen molar-refractivity contribution in [3.63, 3.8) is 0 Å². The molecule has 1 aliphatic heterocycles. The van der Waals surface area contributed by atoms with E-state index < -0.39 is 0 Å². The Morgan fingerprint density at radius 1 is 1.20 bits per heavy atom. The third-order valence-corrected chi connectivity index (χ3v) is 5.41. The van der Waals surface area contributed by atoms with Crippen LogP contribution in [0.2, 0.25) is 5.02 Å². The summed E-state index contributed by atoms with van der Waals surface area (Å²) in [5.41, 5.74) is 2.94. The van der Waals surface area contributed by atoms with Gasteiger partial charge in [0.1, 0.15) is 11.6 Å². The van der Waals surface area contributed by atoms with E-state index >= 15 is 0 Å². The van der Waals surface area contributed by atoms with Crippen LogP contribution in [0.1, 0.15) is 24.2 Å². The predicted molar refractivity (Wildman–Crippen MR) is 116 cm³/mol. The Kier molecular flexibility index (Phi) is 6.61. The standard InChI is InChI=1S/C22H23ClN6O/c23-19-12-27-17(9-21(30)15-4-3-6-24-10-15)8-18(19)20-13-25-14-22(29-20)28-11-16-5-1-2-7-26-16/h1-2,5,7-8,12-15,24H,3-4,6,9-11H2,(H,28,29)/t15-/m1/s1. The summed E-state index contributed by atoms with van der Waals surface area (Å²) in [6.07, 6.45) is 8.90. The number of Topliss-reactive ketones (excluding diaryl/α,β-unsaturated/α-hetero) is 1. The van der Waals surface area contributed by atoms with Crippen molar-refractivity contribution in [2.45, 2.75) is 25.8 Å². The van der Waals surface area contributed by atoms with Gasteiger partial charge in [-0.25, -0.2) is 4.98 Å². The van der Waals surface area contributed by atoms with E-state index in [1.165, 1.54) is 0 Å². The molecule has 0 saturated carbocycles. The first-order valence-electron chi connectivity index (χ1n) is 10.0. The number of carbonyl (C=O) groups is 1. The molecule has 0 unspecified atom stereocenters. The van der Waals surface area contributed by atoms with Gasteiger partial charge in [-0.2, -0.15) is 0 Å². The van der Waals surface area contributed by atoms with E-state index in [1.54, 1.807) is 24.8 Å². The fraction of sp³-hybridized carbons (Fsp3) is 0.318. The Hall–Kier alpha value is -2.90. The number of anilines is 1. The van der Waals surface area contributed by atoms with Crippen molar-refractivity contribution in [3.8, 4) is 11.3 Å². The normalized spacial score (nSPS) is 16.2. The Balaban J connectivity index is 1.49. The Bertz CT molecular complexity index is 1010. The lowest BCUT2D eigenvalue weighted by Gasteiger charge is -2.21. The van der Waals surface area contributed by atoms with Gasteiger partial charge in [0, 0.05) is 42.5 Å². The first-order chi connectivity index (χ1) is 14.7. The highest BCUT2D eigenvalue weighted by atomic mass is 35.5. The molecule has 3 aromatic rings. The van der Waals surface area contributed by atoms with Crippen LogP contribution in [-0.2, 0) is 17.8 Å². The number of piperidine rings is 1. The number of carbonyl (C=O) groups excluding carboxylic acids is 1. The molecule has 4 heterocycles. The molecule has 0 radical (unpaired) electrons. The molecule has 1 atom stereocenters. The van der Waals surface area contributed by atoms with Crippen LogP contribution >= 0.6 is 11.6 Å².